The molecule has 2 heterocycles. The zero-order valence-electron chi connectivity index (χ0n) is 15.2. The molecule has 0 aliphatic rings. The van der Waals surface area contributed by atoms with Crippen molar-refractivity contribution in [2.24, 2.45) is 0 Å². The number of rotatable bonds is 8. The van der Waals surface area contributed by atoms with Gasteiger partial charge in [0.1, 0.15) is 12.4 Å². The highest BCUT2D eigenvalue weighted by Crippen LogP contribution is 2.30. The molecule has 1 aromatic carbocycles. The first-order valence-corrected chi connectivity index (χ1v) is 8.30. The molecule has 0 saturated carbocycles. The lowest BCUT2D eigenvalue weighted by Gasteiger charge is -2.09. The summed E-state index contributed by atoms with van der Waals surface area (Å²) in [5.41, 5.74) is 3.78. The van der Waals surface area contributed by atoms with Crippen LogP contribution >= 0.6 is 0 Å². The summed E-state index contributed by atoms with van der Waals surface area (Å²) in [4.78, 5) is 8.98. The highest BCUT2D eigenvalue weighted by molar-refractivity contribution is 5.69. The lowest BCUT2D eigenvalue weighted by Crippen LogP contribution is -2.02. The van der Waals surface area contributed by atoms with Crippen molar-refractivity contribution in [3.63, 3.8) is 0 Å². The van der Waals surface area contributed by atoms with E-state index in [0.717, 1.165) is 28.1 Å². The van der Waals surface area contributed by atoms with Gasteiger partial charge in [-0.1, -0.05) is 11.6 Å². The first kappa shape index (κ1) is 18.0. The van der Waals surface area contributed by atoms with Crippen molar-refractivity contribution in [3.05, 3.63) is 47.9 Å². The molecule has 26 heavy (non-hydrogen) atoms. The van der Waals surface area contributed by atoms with Gasteiger partial charge in [0.15, 0.2) is 11.6 Å². The molecule has 1 N–H and O–H groups in total. The second-order valence-electron chi connectivity index (χ2n) is 5.79. The van der Waals surface area contributed by atoms with E-state index < -0.39 is 0 Å². The van der Waals surface area contributed by atoms with Gasteiger partial charge >= 0.3 is 0 Å². The first-order valence-electron chi connectivity index (χ1n) is 8.30. The van der Waals surface area contributed by atoms with Crippen LogP contribution in [0.1, 0.15) is 11.4 Å². The lowest BCUT2D eigenvalue weighted by atomic mass is 10.1. The van der Waals surface area contributed by atoms with Crippen molar-refractivity contribution in [3.8, 4) is 28.4 Å². The van der Waals surface area contributed by atoms with Crippen LogP contribution in [-0.2, 0) is 16.1 Å². The first-order chi connectivity index (χ1) is 12.7. The van der Waals surface area contributed by atoms with Crippen LogP contribution in [0.15, 0.2) is 36.5 Å². The van der Waals surface area contributed by atoms with Crippen LogP contribution < -0.4 is 4.74 Å². The lowest BCUT2D eigenvalue weighted by molar-refractivity contribution is 0.0587. The standard InChI is InChI=1S/C19H22N4O3/c1-13-4-7-17(25-3)15(10-13)16-6-5-14(11-20-16)19-21-18(22-23-19)12-26-9-8-24-2/h4-7,10-11H,8-9,12H2,1-3H3,(H,21,22,23). The molecule has 136 valence electrons. The molecular formula is C19H22N4O3. The van der Waals surface area contributed by atoms with E-state index in [2.05, 4.69) is 26.2 Å². The van der Waals surface area contributed by atoms with E-state index in [1.165, 1.54) is 0 Å². The molecule has 3 aromatic rings. The molecule has 2 aromatic heterocycles. The molecule has 3 rings (SSSR count). The smallest absolute Gasteiger partial charge is 0.182 e. The highest BCUT2D eigenvalue weighted by atomic mass is 16.5. The number of benzene rings is 1. The highest BCUT2D eigenvalue weighted by Gasteiger charge is 2.10. The van der Waals surface area contributed by atoms with Crippen LogP contribution in [0, 0.1) is 6.92 Å². The average molecular weight is 354 g/mol. The number of nitrogens with zero attached hydrogens (tertiary/aromatic N) is 3. The zero-order chi connectivity index (χ0) is 18.4. The average Bonchev–Trinajstić information content (AvgIpc) is 3.14. The van der Waals surface area contributed by atoms with Crippen molar-refractivity contribution in [2.45, 2.75) is 13.5 Å². The summed E-state index contributed by atoms with van der Waals surface area (Å²) in [6.07, 6.45) is 1.76. The van der Waals surface area contributed by atoms with E-state index in [-0.39, 0.29) is 0 Å². The van der Waals surface area contributed by atoms with Gasteiger partial charge in [-0.05, 0) is 31.2 Å². The Morgan fingerprint density at radius 2 is 1.96 bits per heavy atom. The number of ether oxygens (including phenoxy) is 3. The summed E-state index contributed by atoms with van der Waals surface area (Å²) in [7, 11) is 3.30. The maximum absolute atomic E-state index is 5.44. The van der Waals surface area contributed by atoms with Gasteiger partial charge in [-0.25, -0.2) is 4.98 Å². The molecule has 0 unspecified atom stereocenters. The monoisotopic (exact) mass is 354 g/mol. The summed E-state index contributed by atoms with van der Waals surface area (Å²) in [5.74, 6) is 2.05. The normalized spacial score (nSPS) is 10.9. The minimum atomic E-state index is 0.363. The Hall–Kier alpha value is -2.77. The number of hydrogen-bond acceptors (Lipinski definition) is 6. The fourth-order valence-electron chi connectivity index (χ4n) is 2.51. The van der Waals surface area contributed by atoms with E-state index in [4.69, 9.17) is 14.2 Å². The summed E-state index contributed by atoms with van der Waals surface area (Å²) >= 11 is 0. The van der Waals surface area contributed by atoms with Gasteiger partial charge in [0.2, 0.25) is 0 Å². The van der Waals surface area contributed by atoms with Crippen LogP contribution in [0.25, 0.3) is 22.6 Å². The number of aromatic nitrogens is 4. The van der Waals surface area contributed by atoms with E-state index in [9.17, 15) is 0 Å². The van der Waals surface area contributed by atoms with Gasteiger partial charge in [0, 0.05) is 24.4 Å². The van der Waals surface area contributed by atoms with Crippen LogP contribution in [0.5, 0.6) is 5.75 Å². The van der Waals surface area contributed by atoms with Crippen molar-refractivity contribution in [1.82, 2.24) is 20.2 Å². The molecule has 0 aliphatic carbocycles. The molecule has 0 atom stereocenters. The molecule has 0 fully saturated rings. The van der Waals surface area contributed by atoms with Crippen LogP contribution in [0.3, 0.4) is 0 Å². The Morgan fingerprint density at radius 1 is 1.08 bits per heavy atom. The van der Waals surface area contributed by atoms with Gasteiger partial charge in [0.25, 0.3) is 0 Å². The maximum Gasteiger partial charge on any atom is 0.182 e. The van der Waals surface area contributed by atoms with E-state index in [1.54, 1.807) is 20.4 Å². The zero-order valence-corrected chi connectivity index (χ0v) is 15.2. The van der Waals surface area contributed by atoms with Gasteiger partial charge in [0.05, 0.1) is 26.0 Å². The molecule has 0 spiro atoms. The maximum atomic E-state index is 5.44. The number of hydrogen-bond donors (Lipinski definition) is 1. The molecule has 0 bridgehead atoms. The Morgan fingerprint density at radius 3 is 2.69 bits per heavy atom. The van der Waals surface area contributed by atoms with Gasteiger partial charge < -0.3 is 14.2 Å². The van der Waals surface area contributed by atoms with Gasteiger partial charge in [-0.3, -0.25) is 10.1 Å². The fourth-order valence-corrected chi connectivity index (χ4v) is 2.51. The quantitative estimate of drug-likeness (QED) is 0.626. The van der Waals surface area contributed by atoms with E-state index in [0.29, 0.717) is 31.5 Å². The second kappa shape index (κ2) is 8.55. The number of aryl methyl sites for hydroxylation is 1. The third-order valence-electron chi connectivity index (χ3n) is 3.85. The summed E-state index contributed by atoms with van der Waals surface area (Å²) in [6, 6.07) is 9.91. The van der Waals surface area contributed by atoms with E-state index in [1.807, 2.05) is 31.2 Å². The van der Waals surface area contributed by atoms with Crippen LogP contribution in [0.4, 0.5) is 0 Å². The fraction of sp³-hybridized carbons (Fsp3) is 0.316. The van der Waals surface area contributed by atoms with Crippen LogP contribution in [0.2, 0.25) is 0 Å². The molecular weight excluding hydrogens is 332 g/mol. The Bertz CT molecular complexity index is 846. The minimum absolute atomic E-state index is 0.363. The predicted molar refractivity (Wildman–Crippen MR) is 97.9 cm³/mol. The van der Waals surface area contributed by atoms with Crippen molar-refractivity contribution < 1.29 is 14.2 Å². The minimum Gasteiger partial charge on any atom is -0.496 e. The second-order valence-corrected chi connectivity index (χ2v) is 5.79. The number of methoxy groups -OCH3 is 2. The molecule has 7 heteroatoms. The van der Waals surface area contributed by atoms with Gasteiger partial charge in [-0.15, -0.1) is 0 Å². The third kappa shape index (κ3) is 4.25. The molecule has 0 aliphatic heterocycles. The molecule has 7 nitrogen and oxygen atoms in total. The van der Waals surface area contributed by atoms with Gasteiger partial charge in [-0.2, -0.15) is 5.10 Å². The third-order valence-corrected chi connectivity index (χ3v) is 3.85. The SMILES string of the molecule is COCCOCc1nc(-c2ccc(-c3cc(C)ccc3OC)nc2)n[nH]1. The van der Waals surface area contributed by atoms with Crippen LogP contribution in [-0.4, -0.2) is 47.6 Å². The molecule has 0 radical (unpaired) electrons. The number of pyridine rings is 1. The van der Waals surface area contributed by atoms with Crippen molar-refractivity contribution in [1.29, 1.82) is 0 Å². The summed E-state index contributed by atoms with van der Waals surface area (Å²) in [6.45, 7) is 3.47. The topological polar surface area (TPSA) is 82.2 Å². The van der Waals surface area contributed by atoms with Crippen molar-refractivity contribution in [2.75, 3.05) is 27.4 Å². The Labute approximate surface area is 152 Å². The number of aromatic amines is 1. The summed E-state index contributed by atoms with van der Waals surface area (Å²) in [5, 5.41) is 7.10. The number of H-pyrrole nitrogens is 1. The largest absolute Gasteiger partial charge is 0.496 e. The molecule has 0 saturated heterocycles. The predicted octanol–water partition coefficient (Wildman–Crippen LogP) is 3.01. The summed E-state index contributed by atoms with van der Waals surface area (Å²) < 4.78 is 15.8. The Kier molecular flexibility index (Phi) is 5.93. The van der Waals surface area contributed by atoms with Crippen molar-refractivity contribution >= 4 is 0 Å². The number of nitrogens with one attached hydrogen (secondary N) is 1. The molecule has 0 amide bonds. The Balaban J connectivity index is 1.74. The van der Waals surface area contributed by atoms with E-state index >= 15 is 0 Å².